The number of amides is 1. The van der Waals surface area contributed by atoms with Gasteiger partial charge >= 0.3 is 0 Å². The maximum Gasteiger partial charge on any atom is 0.235 e. The van der Waals surface area contributed by atoms with Crippen molar-refractivity contribution < 1.29 is 13.2 Å². The van der Waals surface area contributed by atoms with Crippen LogP contribution in [0.3, 0.4) is 0 Å². The molecule has 0 heterocycles. The Morgan fingerprint density at radius 2 is 1.94 bits per heavy atom. The van der Waals surface area contributed by atoms with Crippen LogP contribution in [0.4, 0.5) is 0 Å². The van der Waals surface area contributed by atoms with Gasteiger partial charge in [-0.1, -0.05) is 25.1 Å². The van der Waals surface area contributed by atoms with Gasteiger partial charge in [0.1, 0.15) is 5.75 Å². The summed E-state index contributed by atoms with van der Waals surface area (Å²) in [4.78, 5) is 11.8. The monoisotopic (exact) mass is 264 g/mol. The highest BCUT2D eigenvalue weighted by Gasteiger charge is 2.38. The standard InChI is InChI=1S/C9H16N2O3S2/c1-16(13,14)6-7(12)11-9(8(10)15)4-2-3-5-9/h2-6H2,1H3,(H2,10,15)(H,11,12). The summed E-state index contributed by atoms with van der Waals surface area (Å²) in [7, 11) is -3.31. The molecule has 1 saturated carbocycles. The topological polar surface area (TPSA) is 89.3 Å². The third-order valence-electron chi connectivity index (χ3n) is 2.70. The van der Waals surface area contributed by atoms with Crippen molar-refractivity contribution in [2.75, 3.05) is 12.0 Å². The predicted octanol–water partition coefficient (Wildman–Crippen LogP) is -0.254. The molecule has 0 aromatic rings. The molecule has 0 aromatic carbocycles. The Kier molecular flexibility index (Phi) is 3.90. The summed E-state index contributed by atoms with van der Waals surface area (Å²) in [6, 6.07) is 0. The zero-order valence-electron chi connectivity index (χ0n) is 9.15. The Hall–Kier alpha value is -0.690. The van der Waals surface area contributed by atoms with Crippen molar-refractivity contribution in [2.45, 2.75) is 31.2 Å². The van der Waals surface area contributed by atoms with E-state index in [2.05, 4.69) is 5.32 Å². The van der Waals surface area contributed by atoms with Crippen LogP contribution in [0.5, 0.6) is 0 Å². The zero-order valence-corrected chi connectivity index (χ0v) is 10.8. The van der Waals surface area contributed by atoms with E-state index >= 15 is 0 Å². The Balaban J connectivity index is 2.70. The molecule has 0 aliphatic heterocycles. The average Bonchev–Trinajstić information content (AvgIpc) is 2.49. The molecule has 16 heavy (non-hydrogen) atoms. The van der Waals surface area contributed by atoms with E-state index in [1.165, 1.54) is 0 Å². The largest absolute Gasteiger partial charge is 0.391 e. The third kappa shape index (κ3) is 3.41. The lowest BCUT2D eigenvalue weighted by molar-refractivity contribution is -0.119. The molecule has 0 bridgehead atoms. The maximum absolute atomic E-state index is 11.5. The quantitative estimate of drug-likeness (QED) is 0.683. The van der Waals surface area contributed by atoms with Gasteiger partial charge in [0.05, 0.1) is 10.5 Å². The first-order chi connectivity index (χ1) is 7.25. The summed E-state index contributed by atoms with van der Waals surface area (Å²) in [6.45, 7) is 0. The number of carbonyl (C=O) groups is 1. The molecule has 0 spiro atoms. The molecule has 1 rings (SSSR count). The first-order valence-electron chi connectivity index (χ1n) is 5.04. The van der Waals surface area contributed by atoms with E-state index in [4.69, 9.17) is 18.0 Å². The lowest BCUT2D eigenvalue weighted by Gasteiger charge is -2.28. The number of nitrogens with two attached hydrogens (primary N) is 1. The van der Waals surface area contributed by atoms with E-state index in [-0.39, 0.29) is 4.99 Å². The van der Waals surface area contributed by atoms with Crippen LogP contribution in [0.2, 0.25) is 0 Å². The molecule has 0 aromatic heterocycles. The zero-order chi connectivity index (χ0) is 12.4. The number of rotatable bonds is 4. The number of sulfone groups is 1. The van der Waals surface area contributed by atoms with Crippen molar-refractivity contribution in [1.29, 1.82) is 0 Å². The molecular weight excluding hydrogens is 248 g/mol. The minimum atomic E-state index is -3.31. The van der Waals surface area contributed by atoms with Gasteiger partial charge in [-0.05, 0) is 12.8 Å². The first kappa shape index (κ1) is 13.4. The van der Waals surface area contributed by atoms with Crippen LogP contribution >= 0.6 is 12.2 Å². The predicted molar refractivity (Wildman–Crippen MR) is 65.8 cm³/mol. The minimum absolute atomic E-state index is 0.242. The molecule has 0 saturated heterocycles. The lowest BCUT2D eigenvalue weighted by atomic mass is 9.98. The smallest absolute Gasteiger partial charge is 0.235 e. The normalized spacial score (nSPS) is 19.3. The molecule has 3 N–H and O–H groups in total. The summed E-state index contributed by atoms with van der Waals surface area (Å²) in [5, 5.41) is 2.66. The van der Waals surface area contributed by atoms with Crippen LogP contribution in [-0.4, -0.2) is 36.9 Å². The van der Waals surface area contributed by atoms with E-state index in [0.717, 1.165) is 19.1 Å². The fourth-order valence-electron chi connectivity index (χ4n) is 1.95. The molecule has 0 atom stereocenters. The van der Waals surface area contributed by atoms with Gasteiger partial charge in [-0.25, -0.2) is 8.42 Å². The highest BCUT2D eigenvalue weighted by molar-refractivity contribution is 7.91. The Morgan fingerprint density at radius 1 is 1.44 bits per heavy atom. The highest BCUT2D eigenvalue weighted by Crippen LogP contribution is 2.29. The van der Waals surface area contributed by atoms with Gasteiger partial charge < -0.3 is 11.1 Å². The molecule has 7 heteroatoms. The Labute approximate surface area is 101 Å². The maximum atomic E-state index is 11.5. The summed E-state index contributed by atoms with van der Waals surface area (Å²) in [5.74, 6) is -1.05. The number of hydrogen-bond acceptors (Lipinski definition) is 4. The molecule has 0 radical (unpaired) electrons. The lowest BCUT2D eigenvalue weighted by Crippen LogP contribution is -2.55. The van der Waals surface area contributed by atoms with Crippen molar-refractivity contribution in [3.63, 3.8) is 0 Å². The minimum Gasteiger partial charge on any atom is -0.391 e. The molecular formula is C9H16N2O3S2. The SMILES string of the molecule is CS(=O)(=O)CC(=O)NC1(C(N)=S)CCCC1. The van der Waals surface area contributed by atoms with Crippen molar-refractivity contribution in [3.05, 3.63) is 0 Å². The van der Waals surface area contributed by atoms with Gasteiger partial charge in [-0.2, -0.15) is 0 Å². The van der Waals surface area contributed by atoms with Crippen LogP contribution < -0.4 is 11.1 Å². The summed E-state index contributed by atoms with van der Waals surface area (Å²) >= 11 is 4.94. The molecule has 1 aliphatic rings. The number of nitrogens with one attached hydrogen (secondary N) is 1. The van der Waals surface area contributed by atoms with Crippen molar-refractivity contribution >= 4 is 33.0 Å². The summed E-state index contributed by atoms with van der Waals surface area (Å²) < 4.78 is 21.9. The van der Waals surface area contributed by atoms with E-state index in [9.17, 15) is 13.2 Å². The van der Waals surface area contributed by atoms with Crippen LogP contribution in [0.25, 0.3) is 0 Å². The Bertz CT molecular complexity index is 397. The molecule has 0 unspecified atom stereocenters. The number of thiocarbonyl (C=S) groups is 1. The third-order valence-corrected chi connectivity index (χ3v) is 3.88. The summed E-state index contributed by atoms with van der Waals surface area (Å²) in [6.07, 6.45) is 4.29. The van der Waals surface area contributed by atoms with Gasteiger partial charge in [-0.3, -0.25) is 4.79 Å². The van der Waals surface area contributed by atoms with Gasteiger partial charge in [0.25, 0.3) is 0 Å². The van der Waals surface area contributed by atoms with E-state index in [1.807, 2.05) is 0 Å². The van der Waals surface area contributed by atoms with Crippen LogP contribution in [0.15, 0.2) is 0 Å². The van der Waals surface area contributed by atoms with Crippen molar-refractivity contribution in [1.82, 2.24) is 5.32 Å². The molecule has 1 amide bonds. The molecule has 92 valence electrons. The molecule has 1 aliphatic carbocycles. The molecule has 1 fully saturated rings. The summed E-state index contributed by atoms with van der Waals surface area (Å²) in [5.41, 5.74) is 4.94. The Morgan fingerprint density at radius 3 is 2.31 bits per heavy atom. The van der Waals surface area contributed by atoms with E-state index in [1.54, 1.807) is 0 Å². The first-order valence-corrected chi connectivity index (χ1v) is 7.51. The second kappa shape index (κ2) is 4.67. The van der Waals surface area contributed by atoms with Gasteiger partial charge in [0.2, 0.25) is 5.91 Å². The highest BCUT2D eigenvalue weighted by atomic mass is 32.2. The fourth-order valence-corrected chi connectivity index (χ4v) is 2.76. The second-order valence-electron chi connectivity index (χ2n) is 4.27. The van der Waals surface area contributed by atoms with Crippen LogP contribution in [0, 0.1) is 0 Å². The van der Waals surface area contributed by atoms with E-state index < -0.39 is 27.0 Å². The number of hydrogen-bond donors (Lipinski definition) is 2. The molecule has 5 nitrogen and oxygen atoms in total. The second-order valence-corrected chi connectivity index (χ2v) is 6.85. The average molecular weight is 264 g/mol. The van der Waals surface area contributed by atoms with Gasteiger partial charge in [0, 0.05) is 6.26 Å². The van der Waals surface area contributed by atoms with Gasteiger partial charge in [-0.15, -0.1) is 0 Å². The van der Waals surface area contributed by atoms with Crippen LogP contribution in [-0.2, 0) is 14.6 Å². The fraction of sp³-hybridized carbons (Fsp3) is 0.778. The number of carbonyl (C=O) groups excluding carboxylic acids is 1. The van der Waals surface area contributed by atoms with Crippen molar-refractivity contribution in [2.24, 2.45) is 5.73 Å². The van der Waals surface area contributed by atoms with Gasteiger partial charge in [0.15, 0.2) is 9.84 Å². The van der Waals surface area contributed by atoms with Crippen LogP contribution in [0.1, 0.15) is 25.7 Å². The van der Waals surface area contributed by atoms with Crippen molar-refractivity contribution in [3.8, 4) is 0 Å². The van der Waals surface area contributed by atoms with E-state index in [0.29, 0.717) is 12.8 Å².